The minimum atomic E-state index is -0.492. The Balaban J connectivity index is 0.00000363. The summed E-state index contributed by atoms with van der Waals surface area (Å²) in [5.41, 5.74) is 1.83. The van der Waals surface area contributed by atoms with Crippen LogP contribution in [0.4, 0.5) is 4.79 Å². The largest absolute Gasteiger partial charge is 0.444 e. The van der Waals surface area contributed by atoms with Crippen molar-refractivity contribution in [3.8, 4) is 0 Å². The number of halogens is 1. The number of nitrogens with one attached hydrogen (secondary N) is 2. The van der Waals surface area contributed by atoms with E-state index in [-0.39, 0.29) is 35.5 Å². The molecule has 0 spiro atoms. The van der Waals surface area contributed by atoms with E-state index in [1.54, 1.807) is 19.0 Å². The van der Waals surface area contributed by atoms with Gasteiger partial charge in [0.15, 0.2) is 5.96 Å². The van der Waals surface area contributed by atoms with Crippen LogP contribution in [0.1, 0.15) is 52.2 Å². The smallest absolute Gasteiger partial charge is 0.410 e. The second kappa shape index (κ2) is 10.6. The van der Waals surface area contributed by atoms with E-state index in [1.807, 2.05) is 32.9 Å². The highest BCUT2D eigenvalue weighted by Crippen LogP contribution is 2.52. The molecule has 2 fully saturated rings. The third-order valence-electron chi connectivity index (χ3n) is 6.22. The zero-order valence-electron chi connectivity index (χ0n) is 20.4. The first-order valence-corrected chi connectivity index (χ1v) is 11.1. The average Bonchev–Trinajstić information content (AvgIpc) is 3.15. The van der Waals surface area contributed by atoms with Gasteiger partial charge in [-0.1, -0.05) is 38.1 Å². The molecule has 3 rings (SSSR count). The van der Waals surface area contributed by atoms with Crippen molar-refractivity contribution in [1.29, 1.82) is 0 Å². The number of guanidine groups is 1. The number of aliphatic imine (C=N–C) groups is 1. The summed E-state index contributed by atoms with van der Waals surface area (Å²) in [5.74, 6) is 1.38. The van der Waals surface area contributed by atoms with Crippen LogP contribution in [0.15, 0.2) is 29.3 Å². The summed E-state index contributed by atoms with van der Waals surface area (Å²) in [5, 5.41) is 7.02. The summed E-state index contributed by atoms with van der Waals surface area (Å²) in [6.45, 7) is 12.2. The number of carbonyl (C=O) groups is 1. The second-order valence-corrected chi connectivity index (χ2v) is 10.3. The first-order chi connectivity index (χ1) is 14.5. The van der Waals surface area contributed by atoms with E-state index in [1.165, 1.54) is 0 Å². The Labute approximate surface area is 209 Å². The monoisotopic (exact) mass is 558 g/mol. The molecule has 8 heteroatoms. The molecule has 1 aliphatic heterocycles. The summed E-state index contributed by atoms with van der Waals surface area (Å²) in [4.78, 5) is 18.1. The predicted octanol–water partition coefficient (Wildman–Crippen LogP) is 4.15. The van der Waals surface area contributed by atoms with E-state index in [0.717, 1.165) is 30.1 Å². The molecular weight excluding hydrogens is 519 g/mol. The van der Waals surface area contributed by atoms with Gasteiger partial charge >= 0.3 is 6.09 Å². The number of nitrogens with zero attached hydrogens (tertiary/aromatic N) is 2. The molecule has 2 N–H and O–H groups in total. The summed E-state index contributed by atoms with van der Waals surface area (Å²) in [6, 6.07) is 8.61. The van der Waals surface area contributed by atoms with Gasteiger partial charge in [0, 0.05) is 51.2 Å². The number of hydrogen-bond acceptors (Lipinski definition) is 4. The SMILES string of the molecule is CN=C(NCc1ccc(CN(C)C(=O)OC(C)(C)C)cc1)NC1C2CCOC2C1(C)C.I. The van der Waals surface area contributed by atoms with Gasteiger partial charge in [-0.2, -0.15) is 0 Å². The zero-order valence-corrected chi connectivity index (χ0v) is 22.7. The van der Waals surface area contributed by atoms with Crippen LogP contribution in [-0.4, -0.2) is 55.4 Å². The van der Waals surface area contributed by atoms with Gasteiger partial charge in [-0.25, -0.2) is 4.79 Å². The van der Waals surface area contributed by atoms with Gasteiger partial charge in [0.2, 0.25) is 0 Å². The van der Waals surface area contributed by atoms with Gasteiger partial charge in [-0.05, 0) is 38.3 Å². The number of amides is 1. The fraction of sp³-hybridized carbons (Fsp3) is 0.667. The van der Waals surface area contributed by atoms with Crippen LogP contribution in [0.25, 0.3) is 0 Å². The van der Waals surface area contributed by atoms with E-state index >= 15 is 0 Å². The average molecular weight is 559 g/mol. The molecule has 0 radical (unpaired) electrons. The fourth-order valence-electron chi connectivity index (χ4n) is 4.59. The predicted molar refractivity (Wildman–Crippen MR) is 138 cm³/mol. The van der Waals surface area contributed by atoms with Crippen molar-refractivity contribution in [2.45, 2.75) is 71.9 Å². The van der Waals surface area contributed by atoms with Crippen molar-refractivity contribution in [3.05, 3.63) is 35.4 Å². The molecule has 2 aliphatic rings. The topological polar surface area (TPSA) is 75.2 Å². The van der Waals surface area contributed by atoms with Crippen LogP contribution < -0.4 is 10.6 Å². The number of ether oxygens (including phenoxy) is 2. The van der Waals surface area contributed by atoms with Gasteiger partial charge in [0.05, 0.1) is 6.10 Å². The number of benzene rings is 1. The molecule has 1 amide bonds. The molecule has 32 heavy (non-hydrogen) atoms. The lowest BCUT2D eigenvalue weighted by Gasteiger charge is -2.54. The Hall–Kier alpha value is -1.55. The van der Waals surface area contributed by atoms with Crippen molar-refractivity contribution >= 4 is 36.0 Å². The molecule has 1 saturated heterocycles. The van der Waals surface area contributed by atoms with Crippen LogP contribution >= 0.6 is 24.0 Å². The third kappa shape index (κ3) is 6.27. The number of hydrogen-bond donors (Lipinski definition) is 2. The molecular formula is C24H39IN4O3. The molecule has 1 aliphatic carbocycles. The maximum atomic E-state index is 12.1. The Morgan fingerprint density at radius 3 is 2.47 bits per heavy atom. The summed E-state index contributed by atoms with van der Waals surface area (Å²) >= 11 is 0. The van der Waals surface area contributed by atoms with Crippen molar-refractivity contribution < 1.29 is 14.3 Å². The molecule has 1 aromatic carbocycles. The minimum Gasteiger partial charge on any atom is -0.444 e. The maximum Gasteiger partial charge on any atom is 0.410 e. The van der Waals surface area contributed by atoms with E-state index in [2.05, 4.69) is 41.6 Å². The highest BCUT2D eigenvalue weighted by Gasteiger charge is 2.59. The van der Waals surface area contributed by atoms with E-state index < -0.39 is 5.60 Å². The van der Waals surface area contributed by atoms with Crippen molar-refractivity contribution in [3.63, 3.8) is 0 Å². The molecule has 1 saturated carbocycles. The summed E-state index contributed by atoms with van der Waals surface area (Å²) in [7, 11) is 3.56. The lowest BCUT2D eigenvalue weighted by atomic mass is 9.57. The van der Waals surface area contributed by atoms with Crippen molar-refractivity contribution in [1.82, 2.24) is 15.5 Å². The first-order valence-electron chi connectivity index (χ1n) is 11.1. The third-order valence-corrected chi connectivity index (χ3v) is 6.22. The Morgan fingerprint density at radius 2 is 1.88 bits per heavy atom. The molecule has 180 valence electrons. The van der Waals surface area contributed by atoms with Gasteiger partial charge in [-0.3, -0.25) is 4.99 Å². The zero-order chi connectivity index (χ0) is 22.8. The maximum absolute atomic E-state index is 12.1. The van der Waals surface area contributed by atoms with Crippen LogP contribution in [0.3, 0.4) is 0 Å². The molecule has 1 aromatic rings. The van der Waals surface area contributed by atoms with E-state index in [9.17, 15) is 4.79 Å². The summed E-state index contributed by atoms with van der Waals surface area (Å²) < 4.78 is 11.3. The standard InChI is InChI=1S/C24H38N4O3.HI/c1-23(2,3)31-22(29)28(7)15-17-10-8-16(9-11-17)14-26-21(25-6)27-19-18-12-13-30-20(18)24(19,4)5;/h8-11,18-20H,12-15H2,1-7H3,(H2,25,26,27);1H. The first kappa shape index (κ1) is 26.7. The van der Waals surface area contributed by atoms with Crippen LogP contribution in [0.2, 0.25) is 0 Å². The second-order valence-electron chi connectivity index (χ2n) is 10.3. The Morgan fingerprint density at radius 1 is 1.25 bits per heavy atom. The number of rotatable bonds is 5. The highest BCUT2D eigenvalue weighted by atomic mass is 127. The highest BCUT2D eigenvalue weighted by molar-refractivity contribution is 14.0. The van der Waals surface area contributed by atoms with E-state index in [4.69, 9.17) is 9.47 Å². The molecule has 0 aromatic heterocycles. The van der Waals surface area contributed by atoms with Crippen LogP contribution in [0, 0.1) is 11.3 Å². The van der Waals surface area contributed by atoms with Gasteiger partial charge < -0.3 is 25.0 Å². The minimum absolute atomic E-state index is 0. The number of fused-ring (bicyclic) bond motifs is 1. The van der Waals surface area contributed by atoms with Gasteiger partial charge in [0.1, 0.15) is 5.60 Å². The van der Waals surface area contributed by atoms with Gasteiger partial charge in [0.25, 0.3) is 0 Å². The molecule has 7 nitrogen and oxygen atoms in total. The molecule has 3 unspecified atom stereocenters. The molecule has 0 bridgehead atoms. The van der Waals surface area contributed by atoms with Crippen LogP contribution in [0.5, 0.6) is 0 Å². The van der Waals surface area contributed by atoms with Crippen molar-refractivity contribution in [2.24, 2.45) is 16.3 Å². The molecule has 1 heterocycles. The Kier molecular flexibility index (Phi) is 8.83. The number of carbonyl (C=O) groups excluding carboxylic acids is 1. The fourth-order valence-corrected chi connectivity index (χ4v) is 4.59. The quantitative estimate of drug-likeness (QED) is 0.323. The van der Waals surface area contributed by atoms with E-state index in [0.29, 0.717) is 31.2 Å². The van der Waals surface area contributed by atoms with Crippen LogP contribution in [-0.2, 0) is 22.6 Å². The molecule has 3 atom stereocenters. The normalized spacial score (nSPS) is 24.0. The van der Waals surface area contributed by atoms with Gasteiger partial charge in [-0.15, -0.1) is 24.0 Å². The lowest BCUT2D eigenvalue weighted by Crippen LogP contribution is -2.67. The Bertz CT molecular complexity index is 804. The van der Waals surface area contributed by atoms with Crippen molar-refractivity contribution in [2.75, 3.05) is 20.7 Å². The lowest BCUT2D eigenvalue weighted by molar-refractivity contribution is -0.106. The summed E-state index contributed by atoms with van der Waals surface area (Å²) in [6.07, 6.45) is 1.15.